The minimum atomic E-state index is -3.67. The maximum absolute atomic E-state index is 12.5. The minimum Gasteiger partial charge on any atom is -0.479 e. The molecule has 10 heteroatoms. The highest BCUT2D eigenvalue weighted by Gasteiger charge is 2.18. The number of ether oxygens (including phenoxy) is 1. The lowest BCUT2D eigenvalue weighted by molar-refractivity contribution is -0.105. The number of nitrogens with one attached hydrogen (secondary N) is 2. The fraction of sp³-hybridized carbons (Fsp3) is 0.0588. The average molecular weight is 390 g/mol. The number of aromatic hydroxyl groups is 1. The molecule has 0 spiro atoms. The van der Waals surface area contributed by atoms with Crippen LogP contribution in [0.25, 0.3) is 11.0 Å². The van der Waals surface area contributed by atoms with Crippen LogP contribution >= 0.6 is 0 Å². The Morgan fingerprint density at radius 1 is 1.19 bits per heavy atom. The van der Waals surface area contributed by atoms with Gasteiger partial charge in [-0.05, 0) is 18.2 Å². The van der Waals surface area contributed by atoms with Gasteiger partial charge in [-0.25, -0.2) is 8.42 Å². The van der Waals surface area contributed by atoms with Crippen LogP contribution in [-0.2, 0) is 14.8 Å². The van der Waals surface area contributed by atoms with Gasteiger partial charge in [-0.3, -0.25) is 14.3 Å². The van der Waals surface area contributed by atoms with E-state index in [0.717, 1.165) is 6.26 Å². The van der Waals surface area contributed by atoms with Gasteiger partial charge in [-0.15, -0.1) is 0 Å². The normalized spacial score (nSPS) is 11.1. The van der Waals surface area contributed by atoms with Crippen molar-refractivity contribution in [2.45, 2.75) is 0 Å². The summed E-state index contributed by atoms with van der Waals surface area (Å²) < 4.78 is 36.4. The standard InChI is InChI=1S/C17H14N2O7S/c1-27(23,24)19-12-8-13-11(16(21)15(18-9-20)17(22)26-13)7-14(12)25-10-5-3-2-4-6-10/h2-9,19,22H,1H3,(H,18,20). The summed E-state index contributed by atoms with van der Waals surface area (Å²) in [7, 11) is -3.67. The van der Waals surface area contributed by atoms with E-state index in [1.165, 1.54) is 12.1 Å². The van der Waals surface area contributed by atoms with E-state index >= 15 is 0 Å². The molecule has 1 aromatic heterocycles. The zero-order chi connectivity index (χ0) is 19.6. The molecule has 0 saturated carbocycles. The molecular formula is C17H14N2O7S. The molecule has 1 amide bonds. The van der Waals surface area contributed by atoms with Crippen LogP contribution in [0.5, 0.6) is 17.4 Å². The van der Waals surface area contributed by atoms with E-state index in [2.05, 4.69) is 10.0 Å². The Morgan fingerprint density at radius 3 is 2.52 bits per heavy atom. The van der Waals surface area contributed by atoms with E-state index in [-0.39, 0.29) is 28.8 Å². The molecular weight excluding hydrogens is 376 g/mol. The Morgan fingerprint density at radius 2 is 1.89 bits per heavy atom. The van der Waals surface area contributed by atoms with Crippen molar-refractivity contribution in [3.8, 4) is 17.4 Å². The molecule has 3 rings (SSSR count). The Hall–Kier alpha value is -3.53. The van der Waals surface area contributed by atoms with Gasteiger partial charge >= 0.3 is 5.95 Å². The molecule has 0 bridgehead atoms. The van der Waals surface area contributed by atoms with Crippen molar-refractivity contribution in [1.29, 1.82) is 0 Å². The summed E-state index contributed by atoms with van der Waals surface area (Å²) in [5.41, 5.74) is -1.25. The highest BCUT2D eigenvalue weighted by atomic mass is 32.2. The molecule has 2 aromatic carbocycles. The predicted molar refractivity (Wildman–Crippen MR) is 98.8 cm³/mol. The van der Waals surface area contributed by atoms with E-state index in [1.807, 2.05) is 0 Å². The maximum atomic E-state index is 12.5. The van der Waals surface area contributed by atoms with Crippen molar-refractivity contribution in [3.05, 3.63) is 52.7 Å². The monoisotopic (exact) mass is 390 g/mol. The van der Waals surface area contributed by atoms with Crippen LogP contribution in [0.3, 0.4) is 0 Å². The zero-order valence-electron chi connectivity index (χ0n) is 13.9. The Bertz CT molecular complexity index is 1170. The SMILES string of the molecule is CS(=O)(=O)Nc1cc2oc(O)c(NC=O)c(=O)c2cc1Oc1ccccc1. The average Bonchev–Trinajstić information content (AvgIpc) is 2.59. The smallest absolute Gasteiger partial charge is 0.311 e. The van der Waals surface area contributed by atoms with E-state index in [9.17, 15) is 23.1 Å². The molecule has 0 fully saturated rings. The molecule has 3 aromatic rings. The number of anilines is 2. The molecule has 0 aliphatic carbocycles. The van der Waals surface area contributed by atoms with Crippen LogP contribution in [-0.4, -0.2) is 26.2 Å². The van der Waals surface area contributed by atoms with Gasteiger partial charge in [-0.1, -0.05) is 18.2 Å². The van der Waals surface area contributed by atoms with E-state index < -0.39 is 27.1 Å². The first kappa shape index (κ1) is 18.3. The lowest BCUT2D eigenvalue weighted by Gasteiger charge is -2.13. The van der Waals surface area contributed by atoms with Crippen molar-refractivity contribution < 1.29 is 27.5 Å². The summed E-state index contributed by atoms with van der Waals surface area (Å²) in [6.07, 6.45) is 1.17. The number of para-hydroxylation sites is 1. The summed E-state index contributed by atoms with van der Waals surface area (Å²) in [4.78, 5) is 23.1. The van der Waals surface area contributed by atoms with Crippen molar-refractivity contribution >= 4 is 38.8 Å². The second-order valence-corrected chi connectivity index (χ2v) is 7.26. The molecule has 0 aliphatic heterocycles. The molecule has 0 aliphatic rings. The van der Waals surface area contributed by atoms with E-state index in [1.54, 1.807) is 30.3 Å². The van der Waals surface area contributed by atoms with Gasteiger partial charge in [0.1, 0.15) is 11.3 Å². The third kappa shape index (κ3) is 4.01. The predicted octanol–water partition coefficient (Wildman–Crippen LogP) is 2.23. The number of carbonyl (C=O) groups excluding carboxylic acids is 1. The minimum absolute atomic E-state index is 0.00694. The summed E-state index contributed by atoms with van der Waals surface area (Å²) in [5.74, 6) is -0.362. The maximum Gasteiger partial charge on any atom is 0.311 e. The second kappa shape index (κ2) is 7.00. The van der Waals surface area contributed by atoms with Crippen LogP contribution in [0.2, 0.25) is 0 Å². The van der Waals surface area contributed by atoms with Crippen molar-refractivity contribution in [3.63, 3.8) is 0 Å². The number of amides is 1. The first-order chi connectivity index (χ1) is 12.8. The molecule has 0 radical (unpaired) electrons. The number of hydrogen-bond donors (Lipinski definition) is 3. The Kier molecular flexibility index (Phi) is 4.74. The van der Waals surface area contributed by atoms with Crippen LogP contribution in [0, 0.1) is 0 Å². The zero-order valence-corrected chi connectivity index (χ0v) is 14.7. The van der Waals surface area contributed by atoms with E-state index in [0.29, 0.717) is 5.75 Å². The van der Waals surface area contributed by atoms with Crippen molar-refractivity contribution in [2.75, 3.05) is 16.3 Å². The Labute approximate surface area is 153 Å². The summed E-state index contributed by atoms with van der Waals surface area (Å²) >= 11 is 0. The molecule has 0 atom stereocenters. The van der Waals surface area contributed by atoms with Gasteiger partial charge in [-0.2, -0.15) is 0 Å². The number of benzene rings is 2. The molecule has 0 saturated heterocycles. The van der Waals surface area contributed by atoms with Crippen LogP contribution in [0.1, 0.15) is 0 Å². The van der Waals surface area contributed by atoms with Gasteiger partial charge in [0, 0.05) is 6.07 Å². The second-order valence-electron chi connectivity index (χ2n) is 5.51. The molecule has 3 N–H and O–H groups in total. The quantitative estimate of drug-likeness (QED) is 0.549. The number of rotatable bonds is 6. The third-order valence-corrected chi connectivity index (χ3v) is 4.03. The van der Waals surface area contributed by atoms with Gasteiger partial charge < -0.3 is 19.6 Å². The van der Waals surface area contributed by atoms with Crippen molar-refractivity contribution in [1.82, 2.24) is 0 Å². The highest BCUT2D eigenvalue weighted by Crippen LogP contribution is 2.35. The first-order valence-electron chi connectivity index (χ1n) is 7.53. The first-order valence-corrected chi connectivity index (χ1v) is 9.42. The molecule has 140 valence electrons. The van der Waals surface area contributed by atoms with Crippen molar-refractivity contribution in [2.24, 2.45) is 0 Å². The molecule has 27 heavy (non-hydrogen) atoms. The lowest BCUT2D eigenvalue weighted by atomic mass is 10.2. The van der Waals surface area contributed by atoms with Gasteiger partial charge in [0.05, 0.1) is 17.3 Å². The third-order valence-electron chi connectivity index (χ3n) is 3.44. The lowest BCUT2D eigenvalue weighted by Crippen LogP contribution is -2.13. The Balaban J connectivity index is 2.24. The molecule has 1 heterocycles. The fourth-order valence-corrected chi connectivity index (χ4v) is 2.93. The summed E-state index contributed by atoms with van der Waals surface area (Å²) in [6.45, 7) is 0. The van der Waals surface area contributed by atoms with Gasteiger partial charge in [0.15, 0.2) is 11.4 Å². The molecule has 0 unspecified atom stereocenters. The van der Waals surface area contributed by atoms with Crippen LogP contribution in [0.15, 0.2) is 51.7 Å². The fourth-order valence-electron chi connectivity index (χ4n) is 2.37. The summed E-state index contributed by atoms with van der Waals surface area (Å²) in [6, 6.07) is 11.0. The topological polar surface area (TPSA) is 135 Å². The molecule has 9 nitrogen and oxygen atoms in total. The van der Waals surface area contributed by atoms with Gasteiger partial charge in [0.2, 0.25) is 21.9 Å². The number of fused-ring (bicyclic) bond motifs is 1. The van der Waals surface area contributed by atoms with Crippen LogP contribution in [0.4, 0.5) is 11.4 Å². The van der Waals surface area contributed by atoms with Gasteiger partial charge in [0.25, 0.3) is 0 Å². The number of hydrogen-bond acceptors (Lipinski definition) is 7. The highest BCUT2D eigenvalue weighted by molar-refractivity contribution is 7.92. The number of sulfonamides is 1. The van der Waals surface area contributed by atoms with E-state index in [4.69, 9.17) is 9.15 Å². The van der Waals surface area contributed by atoms with Crippen LogP contribution < -0.4 is 20.2 Å². The number of carbonyl (C=O) groups is 1. The summed E-state index contributed by atoms with van der Waals surface area (Å²) in [5, 5.41) is 11.8. The largest absolute Gasteiger partial charge is 0.479 e.